The second-order valence-corrected chi connectivity index (χ2v) is 10.6. The van der Waals surface area contributed by atoms with E-state index in [-0.39, 0.29) is 17.6 Å². The number of ether oxygens (including phenoxy) is 3. The molecule has 0 radical (unpaired) electrons. The van der Waals surface area contributed by atoms with Crippen LogP contribution in [0.2, 0.25) is 0 Å². The summed E-state index contributed by atoms with van der Waals surface area (Å²) in [5, 5.41) is 3.23. The van der Waals surface area contributed by atoms with E-state index in [1.54, 1.807) is 42.3 Å². The fourth-order valence-corrected chi connectivity index (χ4v) is 5.04. The molecule has 44 heavy (non-hydrogen) atoms. The minimum absolute atomic E-state index is 0.0546. The van der Waals surface area contributed by atoms with Crippen molar-refractivity contribution in [3.63, 3.8) is 0 Å². The number of carbonyl (C=O) groups is 3. The van der Waals surface area contributed by atoms with Crippen LogP contribution in [0.5, 0.6) is 11.5 Å². The van der Waals surface area contributed by atoms with E-state index in [0.29, 0.717) is 47.9 Å². The predicted octanol–water partition coefficient (Wildman–Crippen LogP) is 5.94. The number of methoxy groups -OCH3 is 2. The van der Waals surface area contributed by atoms with E-state index >= 15 is 0 Å². The fourth-order valence-electron chi connectivity index (χ4n) is 5.04. The van der Waals surface area contributed by atoms with Gasteiger partial charge in [0, 0.05) is 29.2 Å². The Morgan fingerprint density at radius 3 is 2.23 bits per heavy atom. The molecule has 1 aliphatic rings. The van der Waals surface area contributed by atoms with Crippen LogP contribution < -0.4 is 19.7 Å². The zero-order chi connectivity index (χ0) is 30.9. The summed E-state index contributed by atoms with van der Waals surface area (Å²) >= 11 is 0. The van der Waals surface area contributed by atoms with Crippen LogP contribution in [0.1, 0.15) is 34.3 Å². The van der Waals surface area contributed by atoms with Gasteiger partial charge in [0.15, 0.2) is 5.78 Å². The van der Waals surface area contributed by atoms with Crippen LogP contribution in [0.25, 0.3) is 0 Å². The lowest BCUT2D eigenvalue weighted by atomic mass is 10.00. The van der Waals surface area contributed by atoms with Crippen LogP contribution in [0, 0.1) is 5.92 Å². The lowest BCUT2D eigenvalue weighted by Crippen LogP contribution is -2.36. The molecule has 1 saturated carbocycles. The topological polar surface area (TPSA) is 94.2 Å². The van der Waals surface area contributed by atoms with Gasteiger partial charge in [-0.15, -0.1) is 0 Å². The number of hydrogen-bond donors (Lipinski definition) is 1. The fraction of sp³-hybridized carbons (Fsp3) is 0.250. The van der Waals surface area contributed by atoms with Crippen molar-refractivity contribution in [1.29, 1.82) is 0 Å². The molecule has 0 aliphatic heterocycles. The molecule has 8 nitrogen and oxygen atoms in total. The number of esters is 1. The van der Waals surface area contributed by atoms with Gasteiger partial charge in [-0.1, -0.05) is 66.7 Å². The number of ketones is 1. The number of benzene rings is 4. The molecule has 0 spiro atoms. The second-order valence-electron chi connectivity index (χ2n) is 10.6. The lowest BCUT2D eigenvalue weighted by molar-refractivity contribution is -0.141. The molecule has 8 heteroatoms. The van der Waals surface area contributed by atoms with Gasteiger partial charge in [0.2, 0.25) is 5.91 Å². The number of rotatable bonds is 14. The molecule has 1 aliphatic carbocycles. The van der Waals surface area contributed by atoms with Gasteiger partial charge in [0.25, 0.3) is 0 Å². The zero-order valence-electron chi connectivity index (χ0n) is 24.9. The molecule has 0 saturated heterocycles. The monoisotopic (exact) mass is 592 g/mol. The third kappa shape index (κ3) is 7.45. The van der Waals surface area contributed by atoms with E-state index < -0.39 is 12.0 Å². The van der Waals surface area contributed by atoms with Gasteiger partial charge in [-0.05, 0) is 54.8 Å². The van der Waals surface area contributed by atoms with E-state index in [1.807, 2.05) is 72.8 Å². The number of amides is 1. The molecule has 4 aromatic rings. The van der Waals surface area contributed by atoms with E-state index in [1.165, 1.54) is 7.11 Å². The first-order valence-electron chi connectivity index (χ1n) is 14.7. The highest BCUT2D eigenvalue weighted by molar-refractivity contribution is 6.12. The molecule has 1 amide bonds. The van der Waals surface area contributed by atoms with Gasteiger partial charge in [0.05, 0.1) is 26.5 Å². The van der Waals surface area contributed by atoms with Crippen LogP contribution in [-0.2, 0) is 20.7 Å². The van der Waals surface area contributed by atoms with Crippen molar-refractivity contribution in [3.8, 4) is 11.5 Å². The van der Waals surface area contributed by atoms with Crippen molar-refractivity contribution in [2.24, 2.45) is 5.92 Å². The van der Waals surface area contributed by atoms with Gasteiger partial charge in [-0.25, -0.2) is 4.79 Å². The van der Waals surface area contributed by atoms with Crippen molar-refractivity contribution in [2.45, 2.75) is 25.3 Å². The summed E-state index contributed by atoms with van der Waals surface area (Å²) in [6.07, 6.45) is 2.14. The Kier molecular flexibility index (Phi) is 9.92. The molecule has 4 aromatic carbocycles. The average Bonchev–Trinajstić information content (AvgIpc) is 3.93. The third-order valence-corrected chi connectivity index (χ3v) is 7.54. The summed E-state index contributed by atoms with van der Waals surface area (Å²) < 4.78 is 16.6. The molecule has 0 heterocycles. The van der Waals surface area contributed by atoms with Gasteiger partial charge >= 0.3 is 5.97 Å². The molecular weight excluding hydrogens is 556 g/mol. The maximum atomic E-state index is 13.2. The Hall–Kier alpha value is -5.11. The first-order chi connectivity index (χ1) is 21.5. The minimum atomic E-state index is -0.723. The molecule has 226 valence electrons. The number of nitrogens with one attached hydrogen (secondary N) is 1. The molecule has 1 unspecified atom stereocenters. The number of carbonyl (C=O) groups excluding carboxylic acids is 3. The van der Waals surface area contributed by atoms with E-state index in [0.717, 1.165) is 24.1 Å². The third-order valence-electron chi connectivity index (χ3n) is 7.54. The SMILES string of the molecule is COC(=O)C(Cc1ccc(OCCN(C(=O)C2CC2)c2ccccc2OC)cc1)Nc1ccccc1C(=O)c1ccccc1. The normalized spacial score (nSPS) is 13.0. The second kappa shape index (κ2) is 14.4. The molecule has 0 aromatic heterocycles. The molecule has 5 rings (SSSR count). The van der Waals surface area contributed by atoms with Crippen molar-refractivity contribution in [3.05, 3.63) is 120 Å². The average molecular weight is 593 g/mol. The molecule has 0 bridgehead atoms. The maximum Gasteiger partial charge on any atom is 0.328 e. The van der Waals surface area contributed by atoms with Crippen LogP contribution in [0.4, 0.5) is 11.4 Å². The van der Waals surface area contributed by atoms with E-state index in [4.69, 9.17) is 14.2 Å². The molecule has 1 fully saturated rings. The summed E-state index contributed by atoms with van der Waals surface area (Å²) in [7, 11) is 2.94. The highest BCUT2D eigenvalue weighted by Crippen LogP contribution is 2.35. The minimum Gasteiger partial charge on any atom is -0.495 e. The number of hydrogen-bond acceptors (Lipinski definition) is 7. The Morgan fingerprint density at radius 1 is 0.841 bits per heavy atom. The Balaban J connectivity index is 1.23. The smallest absolute Gasteiger partial charge is 0.328 e. The van der Waals surface area contributed by atoms with Crippen LogP contribution in [0.3, 0.4) is 0 Å². The van der Waals surface area contributed by atoms with E-state index in [9.17, 15) is 14.4 Å². The van der Waals surface area contributed by atoms with Crippen LogP contribution in [0.15, 0.2) is 103 Å². The van der Waals surface area contributed by atoms with Crippen molar-refractivity contribution in [2.75, 3.05) is 37.6 Å². The quantitative estimate of drug-likeness (QED) is 0.143. The van der Waals surface area contributed by atoms with E-state index in [2.05, 4.69) is 5.32 Å². The zero-order valence-corrected chi connectivity index (χ0v) is 24.9. The summed E-state index contributed by atoms with van der Waals surface area (Å²) in [5.41, 5.74) is 3.21. The largest absolute Gasteiger partial charge is 0.495 e. The Morgan fingerprint density at radius 2 is 1.52 bits per heavy atom. The number of anilines is 2. The first-order valence-corrected chi connectivity index (χ1v) is 14.7. The molecular formula is C36H36N2O6. The summed E-state index contributed by atoms with van der Waals surface area (Å²) in [6.45, 7) is 0.682. The van der Waals surface area contributed by atoms with Crippen molar-refractivity contribution < 1.29 is 28.6 Å². The predicted molar refractivity (Wildman–Crippen MR) is 169 cm³/mol. The lowest BCUT2D eigenvalue weighted by Gasteiger charge is -2.25. The molecule has 1 N–H and O–H groups in total. The summed E-state index contributed by atoms with van der Waals surface area (Å²) in [6, 6.07) is 30.4. The van der Waals surface area contributed by atoms with Crippen molar-refractivity contribution >= 4 is 29.0 Å². The maximum absolute atomic E-state index is 13.2. The van der Waals surface area contributed by atoms with Gasteiger partial charge < -0.3 is 24.4 Å². The summed E-state index contributed by atoms with van der Waals surface area (Å²) in [4.78, 5) is 40.8. The van der Waals surface area contributed by atoms with Crippen LogP contribution in [-0.4, -0.2) is 51.1 Å². The first kappa shape index (κ1) is 30.4. The standard InChI is InChI=1S/C36H36N2O6/c1-42-33-15-9-8-14-32(33)38(35(40)27-18-19-27)22-23-44-28-20-16-25(17-21-28)24-31(36(41)43-2)37-30-13-7-6-12-29(30)34(39)26-10-4-3-5-11-26/h3-17,20-21,27,31,37H,18-19,22-24H2,1-2H3. The van der Waals surface area contributed by atoms with Gasteiger partial charge in [0.1, 0.15) is 24.1 Å². The van der Waals surface area contributed by atoms with Crippen molar-refractivity contribution in [1.82, 2.24) is 0 Å². The Bertz CT molecular complexity index is 1580. The molecule has 1 atom stereocenters. The highest BCUT2D eigenvalue weighted by atomic mass is 16.5. The van der Waals surface area contributed by atoms with Gasteiger partial charge in [-0.3, -0.25) is 9.59 Å². The van der Waals surface area contributed by atoms with Crippen LogP contribution >= 0.6 is 0 Å². The number of para-hydroxylation sites is 3. The summed E-state index contributed by atoms with van der Waals surface area (Å²) in [5.74, 6) is 0.854. The number of nitrogens with zero attached hydrogens (tertiary/aromatic N) is 1. The van der Waals surface area contributed by atoms with Gasteiger partial charge in [-0.2, -0.15) is 0 Å². The Labute approximate surface area is 257 Å². The highest BCUT2D eigenvalue weighted by Gasteiger charge is 2.35.